The largest absolute Gasteiger partial charge is 0.476 e. The van der Waals surface area contributed by atoms with Gasteiger partial charge < -0.3 is 10.1 Å². The van der Waals surface area contributed by atoms with Crippen molar-refractivity contribution in [3.63, 3.8) is 0 Å². The molecule has 1 heterocycles. The van der Waals surface area contributed by atoms with E-state index in [1.807, 2.05) is 39.0 Å². The van der Waals surface area contributed by atoms with Gasteiger partial charge in [0.25, 0.3) is 5.91 Å². The van der Waals surface area contributed by atoms with Crippen LogP contribution in [-0.2, 0) is 14.8 Å². The third-order valence-corrected chi connectivity index (χ3v) is 5.83. The molecule has 2 aromatic rings. The van der Waals surface area contributed by atoms with Gasteiger partial charge in [-0.15, -0.1) is 0 Å². The lowest BCUT2D eigenvalue weighted by atomic mass is 10.00. The summed E-state index contributed by atoms with van der Waals surface area (Å²) in [5.74, 6) is 0.0419. The van der Waals surface area contributed by atoms with Crippen molar-refractivity contribution < 1.29 is 17.9 Å². The third-order valence-electron chi connectivity index (χ3n) is 4.69. The molecular formula is C20H24N2O4S. The van der Waals surface area contributed by atoms with E-state index >= 15 is 0 Å². The summed E-state index contributed by atoms with van der Waals surface area (Å²) in [4.78, 5) is 12.8. The summed E-state index contributed by atoms with van der Waals surface area (Å²) in [6, 6.07) is 12.7. The van der Waals surface area contributed by atoms with E-state index in [1.165, 1.54) is 4.31 Å². The van der Waals surface area contributed by atoms with Crippen LogP contribution < -0.4 is 14.4 Å². The van der Waals surface area contributed by atoms with Crippen molar-refractivity contribution in [1.82, 2.24) is 5.32 Å². The smallest absolute Gasteiger partial charge is 0.263 e. The monoisotopic (exact) mass is 388 g/mol. The van der Waals surface area contributed by atoms with Crippen molar-refractivity contribution in [2.24, 2.45) is 0 Å². The Balaban J connectivity index is 1.82. The average Bonchev–Trinajstić information content (AvgIpc) is 2.61. The van der Waals surface area contributed by atoms with Gasteiger partial charge in [-0.2, -0.15) is 0 Å². The molecule has 1 amide bonds. The Labute approximate surface area is 160 Å². The summed E-state index contributed by atoms with van der Waals surface area (Å²) >= 11 is 0. The number of amides is 1. The number of hydrogen-bond acceptors (Lipinski definition) is 4. The minimum atomic E-state index is -3.53. The predicted octanol–water partition coefficient (Wildman–Crippen LogP) is 2.71. The minimum absolute atomic E-state index is 0.0544. The highest BCUT2D eigenvalue weighted by Crippen LogP contribution is 2.34. The molecule has 0 bridgehead atoms. The van der Waals surface area contributed by atoms with Crippen LogP contribution in [0.2, 0.25) is 0 Å². The Kier molecular flexibility index (Phi) is 5.15. The van der Waals surface area contributed by atoms with Crippen LogP contribution in [0.3, 0.4) is 0 Å². The van der Waals surface area contributed by atoms with Crippen LogP contribution in [0.25, 0.3) is 0 Å². The Morgan fingerprint density at radius 3 is 2.63 bits per heavy atom. The summed E-state index contributed by atoms with van der Waals surface area (Å²) < 4.78 is 31.4. The van der Waals surface area contributed by atoms with Crippen molar-refractivity contribution in [2.75, 3.05) is 17.1 Å². The second kappa shape index (κ2) is 7.23. The maximum atomic E-state index is 12.8. The molecule has 0 spiro atoms. The number of hydrogen-bond donors (Lipinski definition) is 1. The lowest BCUT2D eigenvalue weighted by Gasteiger charge is -2.34. The highest BCUT2D eigenvalue weighted by atomic mass is 32.2. The van der Waals surface area contributed by atoms with Gasteiger partial charge in [0.05, 0.1) is 24.5 Å². The Bertz CT molecular complexity index is 972. The fraction of sp³-hybridized carbons (Fsp3) is 0.350. The molecule has 0 aliphatic carbocycles. The SMILES string of the molecule is Cc1ccc(C)c([C@H](C)NC(=O)[C@H]2CN(S(C)(=O)=O)c3ccccc3O2)c1. The molecule has 1 N–H and O–H groups in total. The van der Waals surface area contributed by atoms with Crippen LogP contribution in [-0.4, -0.2) is 33.2 Å². The van der Waals surface area contributed by atoms with Gasteiger partial charge in [0.15, 0.2) is 6.10 Å². The number of carbonyl (C=O) groups excluding carboxylic acids is 1. The molecule has 27 heavy (non-hydrogen) atoms. The summed E-state index contributed by atoms with van der Waals surface area (Å²) in [6.45, 7) is 5.85. The zero-order chi connectivity index (χ0) is 19.8. The molecule has 0 radical (unpaired) electrons. The van der Waals surface area contributed by atoms with E-state index < -0.39 is 16.1 Å². The Hall–Kier alpha value is -2.54. The third kappa shape index (κ3) is 4.08. The van der Waals surface area contributed by atoms with E-state index in [9.17, 15) is 13.2 Å². The molecule has 0 saturated carbocycles. The van der Waals surface area contributed by atoms with E-state index in [1.54, 1.807) is 24.3 Å². The lowest BCUT2D eigenvalue weighted by Crippen LogP contribution is -2.50. The number of anilines is 1. The number of sulfonamides is 1. The maximum absolute atomic E-state index is 12.8. The fourth-order valence-corrected chi connectivity index (χ4v) is 4.18. The van der Waals surface area contributed by atoms with Gasteiger partial charge in [-0.1, -0.05) is 35.9 Å². The zero-order valence-electron chi connectivity index (χ0n) is 15.9. The number of aryl methyl sites for hydroxylation is 2. The maximum Gasteiger partial charge on any atom is 0.263 e. The molecule has 0 aromatic heterocycles. The Morgan fingerprint density at radius 2 is 1.93 bits per heavy atom. The van der Waals surface area contributed by atoms with Crippen molar-refractivity contribution >= 4 is 21.6 Å². The second-order valence-corrected chi connectivity index (χ2v) is 8.87. The van der Waals surface area contributed by atoms with Gasteiger partial charge in [-0.25, -0.2) is 8.42 Å². The van der Waals surface area contributed by atoms with E-state index in [4.69, 9.17) is 4.74 Å². The number of ether oxygens (including phenoxy) is 1. The summed E-state index contributed by atoms with van der Waals surface area (Å²) in [6.07, 6.45) is 0.213. The van der Waals surface area contributed by atoms with Gasteiger partial charge in [0, 0.05) is 0 Å². The second-order valence-electron chi connectivity index (χ2n) is 6.96. The van der Waals surface area contributed by atoms with Gasteiger partial charge in [0.2, 0.25) is 10.0 Å². The number of carbonyl (C=O) groups is 1. The van der Waals surface area contributed by atoms with Crippen LogP contribution in [0, 0.1) is 13.8 Å². The molecule has 3 rings (SSSR count). The van der Waals surface area contributed by atoms with Crippen molar-refractivity contribution in [3.05, 3.63) is 59.2 Å². The molecule has 6 nitrogen and oxygen atoms in total. The zero-order valence-corrected chi connectivity index (χ0v) is 16.7. The number of nitrogens with one attached hydrogen (secondary N) is 1. The van der Waals surface area contributed by atoms with Crippen LogP contribution in [0.5, 0.6) is 5.75 Å². The molecule has 1 aliphatic heterocycles. The van der Waals surface area contributed by atoms with Crippen LogP contribution in [0.1, 0.15) is 29.7 Å². The number of para-hydroxylation sites is 2. The van der Waals surface area contributed by atoms with Crippen molar-refractivity contribution in [1.29, 1.82) is 0 Å². The summed E-state index contributed by atoms with van der Waals surface area (Å²) in [7, 11) is -3.53. The topological polar surface area (TPSA) is 75.7 Å². The van der Waals surface area contributed by atoms with Crippen molar-refractivity contribution in [2.45, 2.75) is 32.9 Å². The molecule has 7 heteroatoms. The molecule has 0 fully saturated rings. The van der Waals surface area contributed by atoms with Gasteiger partial charge >= 0.3 is 0 Å². The van der Waals surface area contributed by atoms with Crippen molar-refractivity contribution in [3.8, 4) is 5.75 Å². The number of benzene rings is 2. The first-order chi connectivity index (χ1) is 12.7. The van der Waals surface area contributed by atoms with Gasteiger partial charge in [-0.05, 0) is 44.0 Å². The number of fused-ring (bicyclic) bond motifs is 1. The minimum Gasteiger partial charge on any atom is -0.476 e. The first-order valence-electron chi connectivity index (χ1n) is 8.77. The summed E-state index contributed by atoms with van der Waals surface area (Å²) in [5.41, 5.74) is 3.68. The highest BCUT2D eigenvalue weighted by molar-refractivity contribution is 7.92. The number of nitrogens with zero attached hydrogens (tertiary/aromatic N) is 1. The molecule has 0 unspecified atom stereocenters. The van der Waals surface area contributed by atoms with Crippen LogP contribution in [0.15, 0.2) is 42.5 Å². The quantitative estimate of drug-likeness (QED) is 0.874. The Morgan fingerprint density at radius 1 is 1.22 bits per heavy atom. The van der Waals surface area contributed by atoms with Gasteiger partial charge in [-0.3, -0.25) is 9.10 Å². The standard InChI is InChI=1S/C20H24N2O4S/c1-13-9-10-14(2)16(11-13)15(3)21-20(23)19-12-22(27(4,24)25)17-7-5-6-8-18(17)26-19/h5-11,15,19H,12H2,1-4H3,(H,21,23)/t15-,19+/m0/s1. The molecule has 144 valence electrons. The molecule has 2 aromatic carbocycles. The summed E-state index contributed by atoms with van der Waals surface area (Å²) in [5, 5.41) is 2.95. The normalized spacial score (nSPS) is 17.6. The predicted molar refractivity (Wildman–Crippen MR) is 106 cm³/mol. The fourth-order valence-electron chi connectivity index (χ4n) is 3.26. The molecular weight excluding hydrogens is 364 g/mol. The van der Waals surface area contributed by atoms with E-state index in [2.05, 4.69) is 5.32 Å². The first kappa shape index (κ1) is 19.2. The van der Waals surface area contributed by atoms with E-state index in [-0.39, 0.29) is 18.5 Å². The van der Waals surface area contributed by atoms with E-state index in [0.29, 0.717) is 11.4 Å². The highest BCUT2D eigenvalue weighted by Gasteiger charge is 2.35. The molecule has 1 aliphatic rings. The van der Waals surface area contributed by atoms with E-state index in [0.717, 1.165) is 22.9 Å². The lowest BCUT2D eigenvalue weighted by molar-refractivity contribution is -0.128. The molecule has 0 saturated heterocycles. The molecule has 2 atom stereocenters. The number of rotatable bonds is 4. The van der Waals surface area contributed by atoms with Gasteiger partial charge in [0.1, 0.15) is 5.75 Å². The first-order valence-corrected chi connectivity index (χ1v) is 10.6. The van der Waals surface area contributed by atoms with Crippen LogP contribution in [0.4, 0.5) is 5.69 Å². The van der Waals surface area contributed by atoms with Crippen LogP contribution >= 0.6 is 0 Å². The average molecular weight is 388 g/mol.